The van der Waals surface area contributed by atoms with Gasteiger partial charge in [0.15, 0.2) is 0 Å². The maximum Gasteiger partial charge on any atom is 0.0789 e. The second kappa shape index (κ2) is 20.4. The molecule has 2 heterocycles. The average Bonchev–Trinajstić information content (AvgIpc) is 2.84. The maximum atomic E-state index is 2.37. The highest BCUT2D eigenvalue weighted by atomic mass is 127. The van der Waals surface area contributed by atoms with Crippen LogP contribution in [0.1, 0.15) is 130 Å². The Labute approximate surface area is 250 Å². The normalized spacial score (nSPS) is 20.5. The maximum absolute atomic E-state index is 2.37. The molecule has 0 spiro atoms. The van der Waals surface area contributed by atoms with Gasteiger partial charge in [0, 0.05) is 0 Å². The minimum Gasteiger partial charge on any atom is -1.00 e. The Hall–Kier alpha value is 1.38. The molecule has 0 aromatic rings. The van der Waals surface area contributed by atoms with Gasteiger partial charge in [0.05, 0.1) is 52.4 Å². The minimum atomic E-state index is 0. The van der Waals surface area contributed by atoms with Crippen molar-refractivity contribution in [3.05, 3.63) is 0 Å². The Balaban J connectivity index is 0.00000544. The zero-order valence-corrected chi connectivity index (χ0v) is 28.1. The van der Waals surface area contributed by atoms with E-state index < -0.39 is 0 Å². The van der Waals surface area contributed by atoms with E-state index in [9.17, 15) is 0 Å². The van der Waals surface area contributed by atoms with E-state index in [4.69, 9.17) is 0 Å². The van der Waals surface area contributed by atoms with Gasteiger partial charge in [-0.05, 0) is 63.2 Å². The van der Waals surface area contributed by atoms with Crippen LogP contribution >= 0.6 is 0 Å². The lowest BCUT2D eigenvalue weighted by Crippen LogP contribution is -3.00. The first-order valence-corrected chi connectivity index (χ1v) is 15.3. The van der Waals surface area contributed by atoms with E-state index in [-0.39, 0.29) is 48.0 Å². The molecule has 0 radical (unpaired) electrons. The molecule has 2 aliphatic heterocycles. The van der Waals surface area contributed by atoms with Crippen LogP contribution in [0.25, 0.3) is 0 Å². The topological polar surface area (TPSA) is 0 Å². The molecule has 2 nitrogen and oxygen atoms in total. The summed E-state index contributed by atoms with van der Waals surface area (Å²) < 4.78 is 2.94. The molecule has 0 bridgehead atoms. The van der Waals surface area contributed by atoms with Gasteiger partial charge in [0.2, 0.25) is 0 Å². The highest BCUT2D eigenvalue weighted by molar-refractivity contribution is 4.69. The summed E-state index contributed by atoms with van der Waals surface area (Å²) in [6.07, 6.45) is 23.4. The minimum absolute atomic E-state index is 0. The Morgan fingerprint density at radius 3 is 0.941 bits per heavy atom. The summed E-state index contributed by atoms with van der Waals surface area (Å²) in [5.74, 6) is 2.09. The van der Waals surface area contributed by atoms with Crippen molar-refractivity contribution in [3.8, 4) is 0 Å². The molecular formula is C30H62I2N2. The molecule has 2 rings (SSSR count). The van der Waals surface area contributed by atoms with E-state index >= 15 is 0 Å². The molecule has 0 atom stereocenters. The number of halogens is 2. The van der Waals surface area contributed by atoms with E-state index in [1.807, 2.05) is 0 Å². The van der Waals surface area contributed by atoms with Crippen molar-refractivity contribution in [3.63, 3.8) is 0 Å². The summed E-state index contributed by atoms with van der Waals surface area (Å²) >= 11 is 0. The molecule has 0 aromatic carbocycles. The Morgan fingerprint density at radius 2 is 0.706 bits per heavy atom. The van der Waals surface area contributed by atoms with Gasteiger partial charge in [0.25, 0.3) is 0 Å². The second-order valence-electron chi connectivity index (χ2n) is 12.1. The Morgan fingerprint density at radius 1 is 0.441 bits per heavy atom. The predicted octanol–water partition coefficient (Wildman–Crippen LogP) is 2.21. The largest absolute Gasteiger partial charge is 1.00 e. The molecule has 206 valence electrons. The van der Waals surface area contributed by atoms with E-state index in [1.54, 1.807) is 0 Å². The number of nitrogens with zero attached hydrogens (tertiary/aromatic N) is 2. The smallest absolute Gasteiger partial charge is 0.0789 e. The quantitative estimate of drug-likeness (QED) is 0.124. The molecule has 4 heteroatoms. The number of unbranched alkanes of at least 4 members (excludes halogenated alkanes) is 5. The van der Waals surface area contributed by atoms with E-state index in [1.165, 1.54) is 164 Å². The first-order chi connectivity index (χ1) is 15.6. The van der Waals surface area contributed by atoms with Crippen molar-refractivity contribution in [1.82, 2.24) is 0 Å². The van der Waals surface area contributed by atoms with Crippen LogP contribution in [-0.2, 0) is 0 Å². The van der Waals surface area contributed by atoms with Crippen LogP contribution in [0.3, 0.4) is 0 Å². The summed E-state index contributed by atoms with van der Waals surface area (Å²) in [6, 6.07) is 0. The molecule has 0 aliphatic carbocycles. The van der Waals surface area contributed by atoms with Crippen LogP contribution in [0.5, 0.6) is 0 Å². The highest BCUT2D eigenvalue weighted by Gasteiger charge is 2.34. The molecule has 0 unspecified atom stereocenters. The van der Waals surface area contributed by atoms with Gasteiger partial charge in [-0.1, -0.05) is 79.1 Å². The molecule has 2 saturated heterocycles. The van der Waals surface area contributed by atoms with Crippen molar-refractivity contribution in [1.29, 1.82) is 0 Å². The zero-order chi connectivity index (χ0) is 23.1. The molecule has 0 saturated carbocycles. The van der Waals surface area contributed by atoms with Crippen LogP contribution in [0.15, 0.2) is 0 Å². The van der Waals surface area contributed by atoms with Gasteiger partial charge in [-0.25, -0.2) is 0 Å². The van der Waals surface area contributed by atoms with E-state index in [0.717, 1.165) is 11.8 Å². The Kier molecular flexibility index (Phi) is 21.2. The van der Waals surface area contributed by atoms with Gasteiger partial charge in [-0.2, -0.15) is 0 Å². The van der Waals surface area contributed by atoms with Crippen LogP contribution < -0.4 is 48.0 Å². The van der Waals surface area contributed by atoms with Crippen LogP contribution in [0.2, 0.25) is 0 Å². The number of rotatable bonds is 17. The van der Waals surface area contributed by atoms with E-state index in [0.29, 0.717) is 0 Å². The van der Waals surface area contributed by atoms with Gasteiger partial charge >= 0.3 is 0 Å². The summed E-state index contributed by atoms with van der Waals surface area (Å²) in [4.78, 5) is 0. The van der Waals surface area contributed by atoms with Crippen molar-refractivity contribution < 1.29 is 56.9 Å². The number of hydrogen-bond acceptors (Lipinski definition) is 0. The fourth-order valence-electron chi connectivity index (χ4n) is 6.87. The van der Waals surface area contributed by atoms with Gasteiger partial charge < -0.3 is 56.9 Å². The lowest BCUT2D eigenvalue weighted by Gasteiger charge is -2.44. The van der Waals surface area contributed by atoms with Crippen molar-refractivity contribution >= 4 is 0 Å². The van der Waals surface area contributed by atoms with Crippen LogP contribution in [0.4, 0.5) is 0 Å². The first kappa shape index (κ1) is 35.4. The number of hydrogen-bond donors (Lipinski definition) is 0. The standard InChI is InChI=1S/C30H62N2.2HI/c1-5-9-21-31(22-10-6-2)25-17-29(18-26-31)15-13-14-16-30-19-27-32(28-20-30,23-11-7-3)24-12-8-4;;/h29-30H,5-28H2,1-4H3;2*1H/q+2;;/p-2. The molecule has 0 amide bonds. The fourth-order valence-corrected chi connectivity index (χ4v) is 6.87. The molecule has 2 aliphatic rings. The third kappa shape index (κ3) is 12.8. The Bertz CT molecular complexity index is 393. The fraction of sp³-hybridized carbons (Fsp3) is 1.00. The van der Waals surface area contributed by atoms with Gasteiger partial charge in [-0.3, -0.25) is 0 Å². The number of quaternary nitrogens is 2. The zero-order valence-electron chi connectivity index (χ0n) is 23.8. The summed E-state index contributed by atoms with van der Waals surface area (Å²) in [5, 5.41) is 0. The SMILES string of the molecule is CCCC[N+]1(CCCC)CCC(CCCCC2CC[N+](CCCC)(CCCC)CC2)CC1.[I-].[I-]. The lowest BCUT2D eigenvalue weighted by atomic mass is 9.86. The number of likely N-dealkylation sites (tertiary alicyclic amines) is 2. The van der Waals surface area contributed by atoms with Crippen molar-refractivity contribution in [2.75, 3.05) is 52.4 Å². The van der Waals surface area contributed by atoms with Gasteiger partial charge in [0.1, 0.15) is 0 Å². The number of piperidine rings is 2. The summed E-state index contributed by atoms with van der Waals surface area (Å²) in [5.41, 5.74) is 0. The third-order valence-corrected chi connectivity index (χ3v) is 9.47. The lowest BCUT2D eigenvalue weighted by molar-refractivity contribution is -0.934. The molecular weight excluding hydrogens is 642 g/mol. The van der Waals surface area contributed by atoms with E-state index in [2.05, 4.69) is 27.7 Å². The molecule has 0 aromatic heterocycles. The summed E-state index contributed by atoms with van der Waals surface area (Å²) in [7, 11) is 0. The monoisotopic (exact) mass is 704 g/mol. The van der Waals surface area contributed by atoms with Crippen LogP contribution in [0, 0.1) is 11.8 Å². The first-order valence-electron chi connectivity index (χ1n) is 15.3. The van der Waals surface area contributed by atoms with Gasteiger partial charge in [-0.15, -0.1) is 0 Å². The molecule has 2 fully saturated rings. The summed E-state index contributed by atoms with van der Waals surface area (Å²) in [6.45, 7) is 21.3. The van der Waals surface area contributed by atoms with Crippen molar-refractivity contribution in [2.45, 2.75) is 130 Å². The third-order valence-electron chi connectivity index (χ3n) is 9.47. The average molecular weight is 705 g/mol. The van der Waals surface area contributed by atoms with Crippen molar-refractivity contribution in [2.24, 2.45) is 11.8 Å². The second-order valence-corrected chi connectivity index (χ2v) is 12.1. The van der Waals surface area contributed by atoms with Crippen LogP contribution in [-0.4, -0.2) is 61.3 Å². The predicted molar refractivity (Wildman–Crippen MR) is 143 cm³/mol. The molecule has 34 heavy (non-hydrogen) atoms. The molecule has 0 N–H and O–H groups in total. The highest BCUT2D eigenvalue weighted by Crippen LogP contribution is 2.31.